The molecule has 1 aromatic heterocycles. The van der Waals surface area contributed by atoms with Crippen LogP contribution in [0, 0.1) is 5.92 Å². The first kappa shape index (κ1) is 17.1. The van der Waals surface area contributed by atoms with E-state index >= 15 is 0 Å². The number of piperidine rings is 1. The summed E-state index contributed by atoms with van der Waals surface area (Å²) >= 11 is 0. The lowest BCUT2D eigenvalue weighted by molar-refractivity contribution is -0.153. The quantitative estimate of drug-likeness (QED) is 0.717. The molecule has 0 radical (unpaired) electrons. The third-order valence-electron chi connectivity index (χ3n) is 4.37. The summed E-state index contributed by atoms with van der Waals surface area (Å²) in [7, 11) is 0. The van der Waals surface area contributed by atoms with Crippen molar-refractivity contribution in [2.24, 2.45) is 5.92 Å². The second kappa shape index (κ2) is 8.36. The van der Waals surface area contributed by atoms with E-state index in [-0.39, 0.29) is 19.1 Å². The lowest BCUT2D eigenvalue weighted by atomic mass is 9.90. The Bertz CT molecular complexity index is 682. The van der Waals surface area contributed by atoms with Gasteiger partial charge in [0.25, 0.3) is 5.91 Å². The number of likely N-dealkylation sites (tertiary alicyclic amines) is 1. The van der Waals surface area contributed by atoms with Gasteiger partial charge in [-0.3, -0.25) is 9.59 Å². The molecule has 1 aromatic carbocycles. The van der Waals surface area contributed by atoms with Crippen LogP contribution in [0.2, 0.25) is 0 Å². The minimum Gasteiger partial charge on any atom is -0.454 e. The third-order valence-corrected chi connectivity index (χ3v) is 4.37. The molecular formula is C17H21N5O3. The van der Waals surface area contributed by atoms with Gasteiger partial charge in [-0.2, -0.15) is 0 Å². The maximum atomic E-state index is 12.2. The van der Waals surface area contributed by atoms with Crippen LogP contribution in [-0.4, -0.2) is 56.7 Å². The van der Waals surface area contributed by atoms with Crippen molar-refractivity contribution < 1.29 is 14.3 Å². The molecule has 0 bridgehead atoms. The third kappa shape index (κ3) is 5.10. The van der Waals surface area contributed by atoms with Gasteiger partial charge in [-0.05, 0) is 41.2 Å². The fourth-order valence-corrected chi connectivity index (χ4v) is 3.00. The Labute approximate surface area is 145 Å². The Balaban J connectivity index is 1.37. The van der Waals surface area contributed by atoms with E-state index in [1.165, 1.54) is 16.6 Å². The van der Waals surface area contributed by atoms with Gasteiger partial charge in [0, 0.05) is 13.1 Å². The van der Waals surface area contributed by atoms with Crippen molar-refractivity contribution in [3.63, 3.8) is 0 Å². The highest BCUT2D eigenvalue weighted by Crippen LogP contribution is 2.21. The molecule has 0 atom stereocenters. The molecule has 1 fully saturated rings. The number of aromatic nitrogens is 4. The van der Waals surface area contributed by atoms with E-state index < -0.39 is 5.97 Å². The highest BCUT2D eigenvalue weighted by atomic mass is 16.5. The summed E-state index contributed by atoms with van der Waals surface area (Å²) in [6.45, 7) is 1.09. The van der Waals surface area contributed by atoms with E-state index in [9.17, 15) is 9.59 Å². The van der Waals surface area contributed by atoms with E-state index in [0.717, 1.165) is 19.3 Å². The number of ether oxygens (including phenoxy) is 1. The molecule has 3 rings (SSSR count). The van der Waals surface area contributed by atoms with Crippen LogP contribution >= 0.6 is 0 Å². The van der Waals surface area contributed by atoms with Crippen molar-refractivity contribution in [1.82, 2.24) is 25.1 Å². The van der Waals surface area contributed by atoms with Crippen LogP contribution in [0.3, 0.4) is 0 Å². The predicted octanol–water partition coefficient (Wildman–Crippen LogP) is 0.698. The Hall–Kier alpha value is -2.77. The summed E-state index contributed by atoms with van der Waals surface area (Å²) < 4.78 is 6.26. The highest BCUT2D eigenvalue weighted by Gasteiger charge is 2.23. The SMILES string of the molecule is O=C(Cn1cnnn1)OCC(=O)N1CCC(Cc2ccccc2)CC1. The number of hydrogen-bond donors (Lipinski definition) is 0. The number of hydrogen-bond acceptors (Lipinski definition) is 6. The van der Waals surface area contributed by atoms with Gasteiger partial charge in [0.05, 0.1) is 0 Å². The minimum atomic E-state index is -0.528. The summed E-state index contributed by atoms with van der Waals surface area (Å²) in [5.41, 5.74) is 1.34. The fourth-order valence-electron chi connectivity index (χ4n) is 3.00. The van der Waals surface area contributed by atoms with Gasteiger partial charge in [0.2, 0.25) is 0 Å². The monoisotopic (exact) mass is 343 g/mol. The smallest absolute Gasteiger partial charge is 0.328 e. The molecule has 0 saturated carbocycles. The van der Waals surface area contributed by atoms with E-state index in [1.807, 2.05) is 6.07 Å². The molecule has 0 spiro atoms. The summed E-state index contributed by atoms with van der Waals surface area (Å²) in [6, 6.07) is 10.4. The van der Waals surface area contributed by atoms with Crippen LogP contribution in [0.4, 0.5) is 0 Å². The number of amides is 1. The second-order valence-electron chi connectivity index (χ2n) is 6.18. The van der Waals surface area contributed by atoms with E-state index in [0.29, 0.717) is 19.0 Å². The lowest BCUT2D eigenvalue weighted by Crippen LogP contribution is -2.41. The van der Waals surface area contributed by atoms with Gasteiger partial charge in [-0.25, -0.2) is 4.68 Å². The first-order valence-electron chi connectivity index (χ1n) is 8.39. The number of esters is 1. The average molecular weight is 343 g/mol. The molecule has 8 heteroatoms. The standard InChI is InChI=1S/C17H21N5O3/c23-16(12-25-17(24)11-22-13-18-19-20-22)21-8-6-15(7-9-21)10-14-4-2-1-3-5-14/h1-5,13,15H,6-12H2. The van der Waals surface area contributed by atoms with Crippen LogP contribution in [0.1, 0.15) is 18.4 Å². The first-order valence-corrected chi connectivity index (χ1v) is 8.39. The molecule has 2 heterocycles. The molecule has 1 aliphatic rings. The van der Waals surface area contributed by atoms with Crippen LogP contribution in [0.15, 0.2) is 36.7 Å². The summed E-state index contributed by atoms with van der Waals surface area (Å²) in [6.07, 6.45) is 4.31. The number of tetrazole rings is 1. The molecule has 0 unspecified atom stereocenters. The van der Waals surface area contributed by atoms with Crippen molar-refractivity contribution in [2.75, 3.05) is 19.7 Å². The van der Waals surface area contributed by atoms with Gasteiger partial charge < -0.3 is 9.64 Å². The number of carbonyl (C=O) groups excluding carboxylic acids is 2. The molecule has 25 heavy (non-hydrogen) atoms. The lowest BCUT2D eigenvalue weighted by Gasteiger charge is -2.32. The molecule has 8 nitrogen and oxygen atoms in total. The second-order valence-corrected chi connectivity index (χ2v) is 6.18. The van der Waals surface area contributed by atoms with E-state index in [4.69, 9.17) is 4.74 Å². The number of carbonyl (C=O) groups is 2. The van der Waals surface area contributed by atoms with Crippen LogP contribution in [0.25, 0.3) is 0 Å². The summed E-state index contributed by atoms with van der Waals surface area (Å²) in [5, 5.41) is 10.4. The molecule has 1 amide bonds. The number of nitrogens with zero attached hydrogens (tertiary/aromatic N) is 5. The Morgan fingerprint density at radius 2 is 1.92 bits per heavy atom. The van der Waals surface area contributed by atoms with Gasteiger partial charge in [-0.15, -0.1) is 5.10 Å². The van der Waals surface area contributed by atoms with Crippen molar-refractivity contribution in [2.45, 2.75) is 25.8 Å². The van der Waals surface area contributed by atoms with Crippen molar-refractivity contribution >= 4 is 11.9 Å². The molecule has 1 saturated heterocycles. The number of rotatable bonds is 6. The summed E-state index contributed by atoms with van der Waals surface area (Å²) in [5.74, 6) is -0.0864. The molecule has 1 aliphatic heterocycles. The largest absolute Gasteiger partial charge is 0.454 e. The maximum Gasteiger partial charge on any atom is 0.328 e. The average Bonchev–Trinajstić information content (AvgIpc) is 3.14. The van der Waals surface area contributed by atoms with Crippen molar-refractivity contribution in [3.8, 4) is 0 Å². The number of benzene rings is 1. The fraction of sp³-hybridized carbons (Fsp3) is 0.471. The van der Waals surface area contributed by atoms with Gasteiger partial charge in [-0.1, -0.05) is 30.3 Å². The van der Waals surface area contributed by atoms with Gasteiger partial charge >= 0.3 is 5.97 Å². The topological polar surface area (TPSA) is 90.2 Å². The summed E-state index contributed by atoms with van der Waals surface area (Å²) in [4.78, 5) is 25.6. The molecule has 0 N–H and O–H groups in total. The zero-order valence-corrected chi connectivity index (χ0v) is 14.0. The predicted molar refractivity (Wildman–Crippen MR) is 88.2 cm³/mol. The maximum absolute atomic E-state index is 12.2. The molecule has 132 valence electrons. The van der Waals surface area contributed by atoms with Crippen LogP contribution in [0.5, 0.6) is 0 Å². The minimum absolute atomic E-state index is 0.0978. The van der Waals surface area contributed by atoms with E-state index in [1.54, 1.807) is 4.90 Å². The van der Waals surface area contributed by atoms with E-state index in [2.05, 4.69) is 39.8 Å². The zero-order chi connectivity index (χ0) is 17.5. The van der Waals surface area contributed by atoms with Crippen molar-refractivity contribution in [3.05, 3.63) is 42.2 Å². The van der Waals surface area contributed by atoms with Crippen molar-refractivity contribution in [1.29, 1.82) is 0 Å². The van der Waals surface area contributed by atoms with Crippen LogP contribution in [-0.2, 0) is 27.3 Å². The molecule has 2 aromatic rings. The zero-order valence-electron chi connectivity index (χ0n) is 14.0. The molecular weight excluding hydrogens is 322 g/mol. The molecule has 0 aliphatic carbocycles. The normalized spacial score (nSPS) is 15.1. The first-order chi connectivity index (χ1) is 12.2. The van der Waals surface area contributed by atoms with Gasteiger partial charge in [0.1, 0.15) is 12.9 Å². The Morgan fingerprint density at radius 1 is 1.16 bits per heavy atom. The Kier molecular flexibility index (Phi) is 5.71. The Morgan fingerprint density at radius 3 is 2.60 bits per heavy atom. The highest BCUT2D eigenvalue weighted by molar-refractivity contribution is 5.80. The van der Waals surface area contributed by atoms with Crippen LogP contribution < -0.4 is 0 Å². The van der Waals surface area contributed by atoms with Gasteiger partial charge in [0.15, 0.2) is 6.61 Å².